The number of aromatic nitrogens is 5. The summed E-state index contributed by atoms with van der Waals surface area (Å²) in [4.78, 5) is 23.5. The smallest absolute Gasteiger partial charge is 0.293 e. The number of piperidine rings is 1. The lowest BCUT2D eigenvalue weighted by Gasteiger charge is -2.30. The van der Waals surface area contributed by atoms with Gasteiger partial charge in [0.1, 0.15) is 17.3 Å². The number of likely N-dealkylation sites (tertiary alicyclic amines) is 1. The minimum Gasteiger partial charge on any atom is -0.339 e. The number of aryl methyl sites for hydroxylation is 2. The topological polar surface area (TPSA) is 89.9 Å². The second-order valence-corrected chi connectivity index (χ2v) is 7.24. The van der Waals surface area contributed by atoms with Crippen LogP contribution in [0.15, 0.2) is 28.8 Å². The second kappa shape index (κ2) is 8.10. The molecule has 1 amide bonds. The van der Waals surface area contributed by atoms with E-state index in [0.29, 0.717) is 42.7 Å². The molecule has 29 heavy (non-hydrogen) atoms. The Hall–Kier alpha value is -3.10. The molecule has 152 valence electrons. The predicted octanol–water partition coefficient (Wildman–Crippen LogP) is 3.07. The third kappa shape index (κ3) is 3.90. The number of hydrogen-bond donors (Lipinski definition) is 0. The van der Waals surface area contributed by atoms with E-state index in [-0.39, 0.29) is 17.6 Å². The summed E-state index contributed by atoms with van der Waals surface area (Å²) < 4.78 is 21.0. The van der Waals surface area contributed by atoms with Crippen molar-refractivity contribution in [2.75, 3.05) is 13.1 Å². The summed E-state index contributed by atoms with van der Waals surface area (Å²) in [5, 5.41) is 8.20. The van der Waals surface area contributed by atoms with Gasteiger partial charge in [0.15, 0.2) is 5.82 Å². The lowest BCUT2D eigenvalue weighted by molar-refractivity contribution is 0.0683. The quantitative estimate of drug-likeness (QED) is 0.656. The maximum Gasteiger partial charge on any atom is 0.293 e. The molecule has 0 saturated carbocycles. The fourth-order valence-electron chi connectivity index (χ4n) is 3.62. The number of rotatable bonds is 5. The van der Waals surface area contributed by atoms with E-state index in [9.17, 15) is 9.18 Å². The molecule has 1 saturated heterocycles. The standard InChI is InChI=1S/C20H23FN6O2/c1-3-7-17-23-18(24-27(17)16-10-5-4-9-15(16)21)20(28)26-11-6-8-14(12-26)19-22-13(2)25-29-19/h4-5,9-10,14H,3,6-8,11-12H2,1-2H3. The monoisotopic (exact) mass is 398 g/mol. The normalized spacial score (nSPS) is 16.9. The minimum absolute atomic E-state index is 0.00216. The number of nitrogens with zero attached hydrogens (tertiary/aromatic N) is 6. The van der Waals surface area contributed by atoms with Gasteiger partial charge >= 0.3 is 0 Å². The number of para-hydroxylation sites is 1. The van der Waals surface area contributed by atoms with Crippen LogP contribution in [0.1, 0.15) is 60.3 Å². The van der Waals surface area contributed by atoms with Gasteiger partial charge in [0, 0.05) is 19.5 Å². The Bertz CT molecular complexity index is 1010. The first-order valence-corrected chi connectivity index (χ1v) is 9.87. The Labute approximate surface area is 167 Å². The molecular formula is C20H23FN6O2. The molecule has 4 rings (SSSR count). The number of carbonyl (C=O) groups is 1. The van der Waals surface area contributed by atoms with Crippen molar-refractivity contribution in [3.05, 3.63) is 53.4 Å². The van der Waals surface area contributed by atoms with Crippen LogP contribution in [-0.2, 0) is 6.42 Å². The maximum atomic E-state index is 14.3. The van der Waals surface area contributed by atoms with E-state index in [4.69, 9.17) is 4.52 Å². The Morgan fingerprint density at radius 1 is 1.31 bits per heavy atom. The Kier molecular flexibility index (Phi) is 5.37. The fourth-order valence-corrected chi connectivity index (χ4v) is 3.62. The third-order valence-corrected chi connectivity index (χ3v) is 5.02. The zero-order chi connectivity index (χ0) is 20.4. The summed E-state index contributed by atoms with van der Waals surface area (Å²) in [6.45, 7) is 4.86. The van der Waals surface area contributed by atoms with Crippen molar-refractivity contribution in [1.82, 2.24) is 29.8 Å². The Balaban J connectivity index is 1.60. The van der Waals surface area contributed by atoms with Gasteiger partial charge in [-0.15, -0.1) is 5.10 Å². The molecule has 9 heteroatoms. The average molecular weight is 398 g/mol. The summed E-state index contributed by atoms with van der Waals surface area (Å²) in [5.41, 5.74) is 0.292. The fraction of sp³-hybridized carbons (Fsp3) is 0.450. The van der Waals surface area contributed by atoms with E-state index in [2.05, 4.69) is 20.2 Å². The molecule has 8 nitrogen and oxygen atoms in total. The Morgan fingerprint density at radius 2 is 2.14 bits per heavy atom. The van der Waals surface area contributed by atoms with Crippen molar-refractivity contribution >= 4 is 5.91 Å². The van der Waals surface area contributed by atoms with Crippen LogP contribution in [0, 0.1) is 12.7 Å². The summed E-state index contributed by atoms with van der Waals surface area (Å²) in [6.07, 6.45) is 3.11. The minimum atomic E-state index is -0.404. The second-order valence-electron chi connectivity index (χ2n) is 7.24. The lowest BCUT2D eigenvalue weighted by Crippen LogP contribution is -2.39. The van der Waals surface area contributed by atoms with E-state index in [0.717, 1.165) is 19.3 Å². The maximum absolute atomic E-state index is 14.3. The van der Waals surface area contributed by atoms with E-state index in [1.165, 1.54) is 10.7 Å². The third-order valence-electron chi connectivity index (χ3n) is 5.02. The van der Waals surface area contributed by atoms with Crippen molar-refractivity contribution in [1.29, 1.82) is 0 Å². The first-order valence-electron chi connectivity index (χ1n) is 9.87. The number of carbonyl (C=O) groups excluding carboxylic acids is 1. The molecule has 0 aliphatic carbocycles. The highest BCUT2D eigenvalue weighted by atomic mass is 19.1. The van der Waals surface area contributed by atoms with E-state index < -0.39 is 5.82 Å². The van der Waals surface area contributed by atoms with Crippen LogP contribution >= 0.6 is 0 Å². The molecule has 0 bridgehead atoms. The van der Waals surface area contributed by atoms with Gasteiger partial charge in [-0.05, 0) is 38.3 Å². The molecular weight excluding hydrogens is 375 g/mol. The first kappa shape index (κ1) is 19.2. The van der Waals surface area contributed by atoms with Gasteiger partial charge in [-0.1, -0.05) is 24.2 Å². The van der Waals surface area contributed by atoms with Crippen LogP contribution in [0.25, 0.3) is 5.69 Å². The van der Waals surface area contributed by atoms with Crippen LogP contribution in [0.2, 0.25) is 0 Å². The molecule has 1 atom stereocenters. The van der Waals surface area contributed by atoms with Gasteiger partial charge in [0.25, 0.3) is 5.91 Å². The van der Waals surface area contributed by atoms with Crippen LogP contribution < -0.4 is 0 Å². The van der Waals surface area contributed by atoms with E-state index >= 15 is 0 Å². The average Bonchev–Trinajstić information content (AvgIpc) is 3.35. The van der Waals surface area contributed by atoms with E-state index in [1.807, 2.05) is 6.92 Å². The molecule has 3 aromatic rings. The largest absolute Gasteiger partial charge is 0.339 e. The summed E-state index contributed by atoms with van der Waals surface area (Å²) in [6, 6.07) is 6.36. The number of halogens is 1. The van der Waals surface area contributed by atoms with Crippen LogP contribution in [0.4, 0.5) is 4.39 Å². The summed E-state index contributed by atoms with van der Waals surface area (Å²) in [5.74, 6) is 1.12. The molecule has 3 heterocycles. The van der Waals surface area contributed by atoms with Crippen molar-refractivity contribution in [2.45, 2.75) is 45.4 Å². The zero-order valence-corrected chi connectivity index (χ0v) is 16.5. The molecule has 1 aliphatic heterocycles. The summed E-state index contributed by atoms with van der Waals surface area (Å²) in [7, 11) is 0. The van der Waals surface area contributed by atoms with Gasteiger partial charge in [-0.3, -0.25) is 4.79 Å². The van der Waals surface area contributed by atoms with Gasteiger partial charge in [0.05, 0.1) is 5.92 Å². The van der Waals surface area contributed by atoms with Gasteiger partial charge in [-0.25, -0.2) is 14.1 Å². The van der Waals surface area contributed by atoms with Crippen molar-refractivity contribution < 1.29 is 13.7 Å². The molecule has 1 aromatic carbocycles. The van der Waals surface area contributed by atoms with Crippen LogP contribution in [0.5, 0.6) is 0 Å². The molecule has 0 spiro atoms. The summed E-state index contributed by atoms with van der Waals surface area (Å²) >= 11 is 0. The van der Waals surface area contributed by atoms with Crippen LogP contribution in [-0.4, -0.2) is 48.8 Å². The van der Waals surface area contributed by atoms with Crippen LogP contribution in [0.3, 0.4) is 0 Å². The van der Waals surface area contributed by atoms with Crippen molar-refractivity contribution in [3.63, 3.8) is 0 Å². The highest BCUT2D eigenvalue weighted by molar-refractivity contribution is 5.90. The molecule has 1 unspecified atom stereocenters. The van der Waals surface area contributed by atoms with Gasteiger partial charge < -0.3 is 9.42 Å². The molecule has 0 N–H and O–H groups in total. The molecule has 0 radical (unpaired) electrons. The SMILES string of the molecule is CCCc1nc(C(=O)N2CCCC(c3nc(C)no3)C2)nn1-c1ccccc1F. The zero-order valence-electron chi connectivity index (χ0n) is 16.5. The lowest BCUT2D eigenvalue weighted by atomic mass is 9.98. The van der Waals surface area contributed by atoms with Crippen molar-refractivity contribution in [2.24, 2.45) is 0 Å². The first-order chi connectivity index (χ1) is 14.1. The van der Waals surface area contributed by atoms with Crippen molar-refractivity contribution in [3.8, 4) is 5.69 Å². The highest BCUT2D eigenvalue weighted by Gasteiger charge is 2.31. The predicted molar refractivity (Wildman–Crippen MR) is 102 cm³/mol. The number of amides is 1. The molecule has 2 aromatic heterocycles. The van der Waals surface area contributed by atoms with Gasteiger partial charge in [0.2, 0.25) is 11.7 Å². The number of hydrogen-bond acceptors (Lipinski definition) is 6. The number of benzene rings is 1. The highest BCUT2D eigenvalue weighted by Crippen LogP contribution is 2.26. The molecule has 1 fully saturated rings. The van der Waals surface area contributed by atoms with E-state index in [1.54, 1.807) is 30.0 Å². The van der Waals surface area contributed by atoms with Gasteiger partial charge in [-0.2, -0.15) is 4.98 Å². The molecule has 1 aliphatic rings. The Morgan fingerprint density at radius 3 is 2.86 bits per heavy atom.